The summed E-state index contributed by atoms with van der Waals surface area (Å²) >= 11 is 6.14. The molecule has 2 heterocycles. The number of carbonyl (C=O) groups is 1. The van der Waals surface area contributed by atoms with Crippen LogP contribution in [0.1, 0.15) is 43.7 Å². The molecule has 1 atom stereocenters. The van der Waals surface area contributed by atoms with Gasteiger partial charge in [0.1, 0.15) is 0 Å². The van der Waals surface area contributed by atoms with Gasteiger partial charge < -0.3 is 19.3 Å². The highest BCUT2D eigenvalue weighted by molar-refractivity contribution is 6.30. The molecule has 0 unspecified atom stereocenters. The number of ether oxygens (including phenoxy) is 1. The van der Waals surface area contributed by atoms with Gasteiger partial charge >= 0.3 is 5.97 Å². The monoisotopic (exact) mass is 490 g/mol. The first kappa shape index (κ1) is 24.5. The molecular formula is C26H29ClF2N2O3. The van der Waals surface area contributed by atoms with E-state index < -0.39 is 30.6 Å². The van der Waals surface area contributed by atoms with Crippen LogP contribution in [0.2, 0.25) is 5.02 Å². The molecule has 1 aliphatic rings. The van der Waals surface area contributed by atoms with Crippen LogP contribution in [0.5, 0.6) is 0 Å². The van der Waals surface area contributed by atoms with Crippen LogP contribution in [0.15, 0.2) is 30.3 Å². The van der Waals surface area contributed by atoms with Crippen molar-refractivity contribution in [3.8, 4) is 11.1 Å². The molecule has 1 aromatic heterocycles. The van der Waals surface area contributed by atoms with E-state index >= 15 is 0 Å². The molecule has 8 heteroatoms. The van der Waals surface area contributed by atoms with Gasteiger partial charge in [0.15, 0.2) is 6.10 Å². The number of carboxylic acid groups (broad SMARTS) is 1. The summed E-state index contributed by atoms with van der Waals surface area (Å²) in [5.41, 5.74) is 4.36. The summed E-state index contributed by atoms with van der Waals surface area (Å²) in [6, 6.07) is 9.23. The molecule has 4 rings (SSSR count). The predicted octanol–water partition coefficient (Wildman–Crippen LogP) is 6.60. The Morgan fingerprint density at radius 2 is 1.82 bits per heavy atom. The van der Waals surface area contributed by atoms with Gasteiger partial charge in [-0.15, -0.1) is 0 Å². The van der Waals surface area contributed by atoms with Crippen molar-refractivity contribution >= 4 is 34.2 Å². The van der Waals surface area contributed by atoms with Crippen LogP contribution in [0.4, 0.5) is 14.5 Å². The van der Waals surface area contributed by atoms with Gasteiger partial charge in [-0.1, -0.05) is 23.7 Å². The molecular weight excluding hydrogens is 462 g/mol. The van der Waals surface area contributed by atoms with Gasteiger partial charge in [0.25, 0.3) is 6.43 Å². The quantitative estimate of drug-likeness (QED) is 0.422. The highest BCUT2D eigenvalue weighted by atomic mass is 35.5. The van der Waals surface area contributed by atoms with Crippen molar-refractivity contribution in [3.63, 3.8) is 0 Å². The SMILES string of the molecule is Cc1c([C@H](OC(C)(C)C)C(=O)O)c(-c2ccc(Cl)cc2)c2cc(C)n3c2c1N(CC(F)F)CC3. The first-order chi connectivity index (χ1) is 15.9. The molecule has 3 aromatic rings. The van der Waals surface area contributed by atoms with E-state index in [9.17, 15) is 18.7 Å². The van der Waals surface area contributed by atoms with Crippen molar-refractivity contribution in [2.75, 3.05) is 18.0 Å². The fourth-order valence-corrected chi connectivity index (χ4v) is 5.09. The number of hydrogen-bond acceptors (Lipinski definition) is 3. The van der Waals surface area contributed by atoms with Crippen molar-refractivity contribution in [1.82, 2.24) is 4.57 Å². The number of hydrogen-bond donors (Lipinski definition) is 1. The van der Waals surface area contributed by atoms with Crippen LogP contribution >= 0.6 is 11.6 Å². The Balaban J connectivity index is 2.14. The van der Waals surface area contributed by atoms with E-state index in [0.717, 1.165) is 27.7 Å². The number of aromatic nitrogens is 1. The average Bonchev–Trinajstić information content (AvgIpc) is 3.05. The Morgan fingerprint density at radius 3 is 2.38 bits per heavy atom. The van der Waals surface area contributed by atoms with Crippen LogP contribution in [-0.2, 0) is 16.1 Å². The lowest BCUT2D eigenvalue weighted by atomic mass is 9.87. The molecule has 2 aromatic carbocycles. The number of benzene rings is 2. The lowest BCUT2D eigenvalue weighted by molar-refractivity contribution is -0.160. The number of carboxylic acids is 1. The first-order valence-electron chi connectivity index (χ1n) is 11.2. The fourth-order valence-electron chi connectivity index (χ4n) is 4.96. The molecule has 34 heavy (non-hydrogen) atoms. The summed E-state index contributed by atoms with van der Waals surface area (Å²) in [4.78, 5) is 14.2. The smallest absolute Gasteiger partial charge is 0.337 e. The molecule has 0 spiro atoms. The molecule has 0 bridgehead atoms. The highest BCUT2D eigenvalue weighted by Gasteiger charge is 2.36. The number of halogens is 3. The summed E-state index contributed by atoms with van der Waals surface area (Å²) in [5.74, 6) is -1.13. The minimum absolute atomic E-state index is 0.417. The highest BCUT2D eigenvalue weighted by Crippen LogP contribution is 2.48. The maximum atomic E-state index is 13.5. The molecule has 1 aliphatic heterocycles. The van der Waals surface area contributed by atoms with Gasteiger partial charge in [0, 0.05) is 34.8 Å². The second-order valence-corrected chi connectivity index (χ2v) is 10.2. The minimum atomic E-state index is -2.52. The van der Waals surface area contributed by atoms with Crippen molar-refractivity contribution in [3.05, 3.63) is 52.2 Å². The number of aliphatic carboxylic acids is 1. The van der Waals surface area contributed by atoms with Gasteiger partial charge in [-0.25, -0.2) is 13.6 Å². The molecule has 0 radical (unpaired) electrons. The van der Waals surface area contributed by atoms with Gasteiger partial charge in [0.05, 0.1) is 23.3 Å². The topological polar surface area (TPSA) is 54.7 Å². The molecule has 0 amide bonds. The number of aryl methyl sites for hydroxylation is 1. The molecule has 0 saturated heterocycles. The Labute approximate surface area is 202 Å². The molecule has 0 aliphatic carbocycles. The van der Waals surface area contributed by atoms with E-state index in [2.05, 4.69) is 4.57 Å². The van der Waals surface area contributed by atoms with E-state index in [1.165, 1.54) is 0 Å². The molecule has 5 nitrogen and oxygen atoms in total. The molecule has 0 saturated carbocycles. The van der Waals surface area contributed by atoms with Crippen LogP contribution in [0, 0.1) is 13.8 Å². The molecule has 1 N–H and O–H groups in total. The zero-order valence-corrected chi connectivity index (χ0v) is 20.7. The summed E-state index contributed by atoms with van der Waals surface area (Å²) in [6.07, 6.45) is -3.80. The predicted molar refractivity (Wildman–Crippen MR) is 131 cm³/mol. The van der Waals surface area contributed by atoms with Gasteiger partial charge in [-0.05, 0) is 69.5 Å². The van der Waals surface area contributed by atoms with Crippen molar-refractivity contribution in [1.29, 1.82) is 0 Å². The van der Waals surface area contributed by atoms with Gasteiger partial charge in [0.2, 0.25) is 0 Å². The van der Waals surface area contributed by atoms with Crippen molar-refractivity contribution in [2.24, 2.45) is 0 Å². The largest absolute Gasteiger partial charge is 0.479 e. The zero-order valence-electron chi connectivity index (χ0n) is 20.0. The number of alkyl halides is 2. The van der Waals surface area contributed by atoms with Crippen molar-refractivity contribution in [2.45, 2.75) is 59.3 Å². The molecule has 182 valence electrons. The maximum absolute atomic E-state index is 13.5. The number of rotatable bonds is 6. The minimum Gasteiger partial charge on any atom is -0.479 e. The van der Waals surface area contributed by atoms with Gasteiger partial charge in [-0.3, -0.25) is 0 Å². The third kappa shape index (κ3) is 4.39. The second kappa shape index (κ2) is 8.86. The van der Waals surface area contributed by atoms with E-state index in [0.29, 0.717) is 34.9 Å². The summed E-state index contributed by atoms with van der Waals surface area (Å²) in [7, 11) is 0. The average molecular weight is 491 g/mol. The van der Waals surface area contributed by atoms with E-state index in [1.807, 2.05) is 32.0 Å². The number of anilines is 1. The lowest BCUT2D eigenvalue weighted by Crippen LogP contribution is -2.37. The van der Waals surface area contributed by atoms with Crippen LogP contribution in [0.3, 0.4) is 0 Å². The Bertz CT molecular complexity index is 1250. The van der Waals surface area contributed by atoms with E-state index in [-0.39, 0.29) is 0 Å². The zero-order chi connectivity index (χ0) is 24.9. The third-order valence-electron chi connectivity index (χ3n) is 6.19. The fraction of sp³-hybridized carbons (Fsp3) is 0.423. The van der Waals surface area contributed by atoms with E-state index in [1.54, 1.807) is 37.8 Å². The van der Waals surface area contributed by atoms with Crippen LogP contribution < -0.4 is 4.90 Å². The lowest BCUT2D eigenvalue weighted by Gasteiger charge is -2.35. The standard InChI is InChI=1S/C26H29ClF2N2O3/c1-14-12-18-21(16-6-8-17(27)9-7-16)20(24(25(32)33)34-26(3,4)5)15(2)22-23(18)31(14)11-10-30(22)13-19(28)29/h6-9,12,19,24H,10-11,13H2,1-5H3,(H,32,33)/t24-/m0/s1. The maximum Gasteiger partial charge on any atom is 0.337 e. The Kier molecular flexibility index (Phi) is 6.38. The summed E-state index contributed by atoms with van der Waals surface area (Å²) in [5, 5.41) is 11.6. The van der Waals surface area contributed by atoms with Gasteiger partial charge in [-0.2, -0.15) is 0 Å². The normalized spacial score (nSPS) is 14.8. The van der Waals surface area contributed by atoms with Crippen LogP contribution in [0.25, 0.3) is 22.0 Å². The van der Waals surface area contributed by atoms with Crippen molar-refractivity contribution < 1.29 is 23.4 Å². The number of nitrogens with zero attached hydrogens (tertiary/aromatic N) is 2. The molecule has 0 fully saturated rings. The summed E-state index contributed by atoms with van der Waals surface area (Å²) < 4.78 is 35.3. The first-order valence-corrected chi connectivity index (χ1v) is 11.6. The Hall–Kier alpha value is -2.64. The van der Waals surface area contributed by atoms with E-state index in [4.69, 9.17) is 16.3 Å². The van der Waals surface area contributed by atoms with Crippen LogP contribution in [-0.4, -0.2) is 40.8 Å². The summed E-state index contributed by atoms with van der Waals surface area (Å²) in [6.45, 7) is 9.76. The third-order valence-corrected chi connectivity index (χ3v) is 6.44. The second-order valence-electron chi connectivity index (χ2n) is 9.75. The Morgan fingerprint density at radius 1 is 1.18 bits per heavy atom.